The number of thiazole rings is 1. The zero-order valence-electron chi connectivity index (χ0n) is 10.5. The van der Waals surface area contributed by atoms with Crippen molar-refractivity contribution in [2.45, 2.75) is 19.1 Å². The second kappa shape index (κ2) is 6.08. The molecule has 0 radical (unpaired) electrons. The number of nitrogens with one attached hydrogen (secondary N) is 1. The van der Waals surface area contributed by atoms with Gasteiger partial charge in [0, 0.05) is 17.6 Å². The van der Waals surface area contributed by atoms with Crippen LogP contribution in [0.1, 0.15) is 18.0 Å². The molecular formula is C12H12F3N3OS. The van der Waals surface area contributed by atoms with Crippen molar-refractivity contribution in [2.24, 2.45) is 0 Å². The molecule has 0 bridgehead atoms. The van der Waals surface area contributed by atoms with E-state index in [2.05, 4.69) is 20.0 Å². The lowest BCUT2D eigenvalue weighted by Crippen LogP contribution is -2.19. The highest BCUT2D eigenvalue weighted by Crippen LogP contribution is 2.22. The molecular weight excluding hydrogens is 291 g/mol. The van der Waals surface area contributed by atoms with Crippen LogP contribution in [0, 0.1) is 0 Å². The number of nitrogens with zero attached hydrogens (tertiary/aromatic N) is 2. The van der Waals surface area contributed by atoms with E-state index in [1.54, 1.807) is 12.3 Å². The van der Waals surface area contributed by atoms with Crippen LogP contribution >= 0.6 is 11.3 Å². The van der Waals surface area contributed by atoms with E-state index in [0.29, 0.717) is 5.69 Å². The number of hydrogen-bond donors (Lipinski definition) is 1. The molecule has 20 heavy (non-hydrogen) atoms. The molecule has 0 saturated heterocycles. The van der Waals surface area contributed by atoms with Gasteiger partial charge >= 0.3 is 6.18 Å². The van der Waals surface area contributed by atoms with Gasteiger partial charge in [-0.1, -0.05) is 0 Å². The monoisotopic (exact) mass is 303 g/mol. The van der Waals surface area contributed by atoms with E-state index >= 15 is 0 Å². The predicted octanol–water partition coefficient (Wildman–Crippen LogP) is 3.65. The Morgan fingerprint density at radius 1 is 1.35 bits per heavy atom. The van der Waals surface area contributed by atoms with Crippen molar-refractivity contribution < 1.29 is 17.9 Å². The normalized spacial score (nSPS) is 13.0. The smallest absolute Gasteiger partial charge is 0.422 e. The largest absolute Gasteiger partial charge is 0.468 e. The Bertz CT molecular complexity index is 528. The summed E-state index contributed by atoms with van der Waals surface area (Å²) >= 11 is 1.52. The van der Waals surface area contributed by atoms with Gasteiger partial charge in [-0.05, 0) is 13.0 Å². The molecule has 1 N–H and O–H groups in total. The highest BCUT2D eigenvalue weighted by Gasteiger charge is 2.28. The van der Waals surface area contributed by atoms with Crippen LogP contribution in [0.4, 0.5) is 18.9 Å². The van der Waals surface area contributed by atoms with E-state index in [1.165, 1.54) is 23.6 Å². The third-order valence-corrected chi connectivity index (χ3v) is 3.28. The lowest BCUT2D eigenvalue weighted by atomic mass is 10.3. The summed E-state index contributed by atoms with van der Waals surface area (Å²) in [5.41, 5.74) is 0.687. The molecule has 0 aromatic carbocycles. The number of anilines is 1. The van der Waals surface area contributed by atoms with Crippen molar-refractivity contribution in [2.75, 3.05) is 11.9 Å². The fourth-order valence-electron chi connectivity index (χ4n) is 1.47. The van der Waals surface area contributed by atoms with Gasteiger partial charge in [-0.15, -0.1) is 11.3 Å². The van der Waals surface area contributed by atoms with Crippen LogP contribution in [0.5, 0.6) is 5.88 Å². The Morgan fingerprint density at radius 2 is 2.15 bits per heavy atom. The minimum atomic E-state index is -4.36. The molecule has 2 aromatic rings. The van der Waals surface area contributed by atoms with Crippen LogP contribution < -0.4 is 10.1 Å². The summed E-state index contributed by atoms with van der Waals surface area (Å²) in [5, 5.41) is 5.95. The van der Waals surface area contributed by atoms with Crippen LogP contribution in [0.25, 0.3) is 0 Å². The molecule has 2 rings (SSSR count). The molecule has 0 saturated carbocycles. The number of alkyl halides is 3. The summed E-state index contributed by atoms with van der Waals surface area (Å²) < 4.78 is 40.5. The molecule has 4 nitrogen and oxygen atoms in total. The molecule has 0 spiro atoms. The molecule has 0 aliphatic rings. The summed E-state index contributed by atoms with van der Waals surface area (Å²) in [7, 11) is 0. The number of aromatic nitrogens is 2. The maximum absolute atomic E-state index is 12.0. The van der Waals surface area contributed by atoms with Gasteiger partial charge in [-0.25, -0.2) is 9.97 Å². The summed E-state index contributed by atoms with van der Waals surface area (Å²) in [6.45, 7) is 0.592. The van der Waals surface area contributed by atoms with Gasteiger partial charge in [0.15, 0.2) is 6.61 Å². The van der Waals surface area contributed by atoms with E-state index in [-0.39, 0.29) is 11.9 Å². The maximum atomic E-state index is 12.0. The average molecular weight is 303 g/mol. The van der Waals surface area contributed by atoms with Crippen LogP contribution in [-0.2, 0) is 0 Å². The van der Waals surface area contributed by atoms with Gasteiger partial charge in [-0.2, -0.15) is 13.2 Å². The Balaban J connectivity index is 1.91. The molecule has 2 heterocycles. The summed E-state index contributed by atoms with van der Waals surface area (Å²) in [6.07, 6.45) is -1.22. The van der Waals surface area contributed by atoms with Gasteiger partial charge < -0.3 is 10.1 Å². The Labute approximate surface area is 117 Å². The second-order valence-corrected chi connectivity index (χ2v) is 4.95. The highest BCUT2D eigenvalue weighted by atomic mass is 32.1. The second-order valence-electron chi connectivity index (χ2n) is 4.03. The number of rotatable bonds is 5. The molecule has 0 aliphatic heterocycles. The van der Waals surface area contributed by atoms with Crippen LogP contribution in [-0.4, -0.2) is 22.8 Å². The fourth-order valence-corrected chi connectivity index (χ4v) is 2.11. The minimum absolute atomic E-state index is 0.00116. The molecule has 8 heteroatoms. The minimum Gasteiger partial charge on any atom is -0.468 e. The average Bonchev–Trinajstić information content (AvgIpc) is 2.91. The van der Waals surface area contributed by atoms with Crippen LogP contribution in [0.2, 0.25) is 0 Å². The van der Waals surface area contributed by atoms with E-state index in [9.17, 15) is 13.2 Å². The van der Waals surface area contributed by atoms with Gasteiger partial charge in [0.05, 0.1) is 17.9 Å². The third kappa shape index (κ3) is 4.37. The number of pyridine rings is 1. The van der Waals surface area contributed by atoms with Crippen molar-refractivity contribution in [1.82, 2.24) is 9.97 Å². The molecule has 108 valence electrons. The highest BCUT2D eigenvalue weighted by molar-refractivity contribution is 7.09. The van der Waals surface area contributed by atoms with E-state index in [0.717, 1.165) is 5.01 Å². The lowest BCUT2D eigenvalue weighted by Gasteiger charge is -2.13. The van der Waals surface area contributed by atoms with Crippen molar-refractivity contribution in [3.8, 4) is 5.88 Å². The Hall–Kier alpha value is -1.83. The molecule has 0 aliphatic carbocycles. The molecule has 1 unspecified atom stereocenters. The first-order valence-electron chi connectivity index (χ1n) is 5.75. The first-order chi connectivity index (χ1) is 9.44. The topological polar surface area (TPSA) is 47.0 Å². The van der Waals surface area contributed by atoms with Crippen LogP contribution in [0.15, 0.2) is 29.9 Å². The van der Waals surface area contributed by atoms with Gasteiger partial charge in [0.2, 0.25) is 5.88 Å². The first kappa shape index (κ1) is 14.6. The fraction of sp³-hybridized carbons (Fsp3) is 0.333. The van der Waals surface area contributed by atoms with Crippen molar-refractivity contribution >= 4 is 17.0 Å². The maximum Gasteiger partial charge on any atom is 0.422 e. The number of ether oxygens (including phenoxy) is 1. The Morgan fingerprint density at radius 3 is 2.70 bits per heavy atom. The summed E-state index contributed by atoms with van der Waals surface area (Å²) in [6, 6.07) is 3.00. The third-order valence-electron chi connectivity index (χ3n) is 2.33. The van der Waals surface area contributed by atoms with Crippen molar-refractivity contribution in [3.05, 3.63) is 34.9 Å². The van der Waals surface area contributed by atoms with E-state index < -0.39 is 12.8 Å². The molecule has 0 fully saturated rings. The predicted molar refractivity (Wildman–Crippen MR) is 69.9 cm³/mol. The summed E-state index contributed by atoms with van der Waals surface area (Å²) in [4.78, 5) is 7.99. The Kier molecular flexibility index (Phi) is 4.43. The van der Waals surface area contributed by atoms with Gasteiger partial charge in [0.1, 0.15) is 5.01 Å². The molecule has 1 atom stereocenters. The van der Waals surface area contributed by atoms with E-state index in [1.807, 2.05) is 12.3 Å². The van der Waals surface area contributed by atoms with Crippen LogP contribution in [0.3, 0.4) is 0 Å². The van der Waals surface area contributed by atoms with Crippen molar-refractivity contribution in [3.63, 3.8) is 0 Å². The van der Waals surface area contributed by atoms with Gasteiger partial charge in [-0.3, -0.25) is 0 Å². The quantitative estimate of drug-likeness (QED) is 0.916. The summed E-state index contributed by atoms with van der Waals surface area (Å²) in [5.74, 6) is -0.0604. The zero-order valence-corrected chi connectivity index (χ0v) is 11.3. The van der Waals surface area contributed by atoms with Gasteiger partial charge in [0.25, 0.3) is 0 Å². The first-order valence-corrected chi connectivity index (χ1v) is 6.63. The molecule has 0 amide bonds. The lowest BCUT2D eigenvalue weighted by molar-refractivity contribution is -0.154. The van der Waals surface area contributed by atoms with E-state index in [4.69, 9.17) is 0 Å². The molecule has 2 aromatic heterocycles. The SMILES string of the molecule is CC(Nc1ccc(OCC(F)(F)F)nc1)c1nccs1. The number of halogens is 3. The number of hydrogen-bond acceptors (Lipinski definition) is 5. The van der Waals surface area contributed by atoms with Crippen molar-refractivity contribution in [1.29, 1.82) is 0 Å². The standard InChI is InChI=1S/C12H12F3N3OS/c1-8(11-16-4-5-20-11)18-9-2-3-10(17-6-9)19-7-12(13,14)15/h2-6,8,18H,7H2,1H3. The zero-order chi connectivity index (χ0) is 14.6.